The van der Waals surface area contributed by atoms with Crippen LogP contribution in [0.25, 0.3) is 0 Å². The Bertz CT molecular complexity index is 1250. The van der Waals surface area contributed by atoms with Gasteiger partial charge >= 0.3 is 5.97 Å². The number of hydrogen-bond donors (Lipinski definition) is 0. The molecule has 0 radical (unpaired) electrons. The molecule has 186 valence electrons. The number of fused-ring (bicyclic) bond motifs is 5. The van der Waals surface area contributed by atoms with Gasteiger partial charge < -0.3 is 14.4 Å². The van der Waals surface area contributed by atoms with Gasteiger partial charge in [0.2, 0.25) is 17.7 Å². The lowest BCUT2D eigenvalue weighted by Gasteiger charge is -2.20. The molecule has 6 rings (SSSR count). The highest BCUT2D eigenvalue weighted by atomic mass is 35.5. The van der Waals surface area contributed by atoms with Crippen molar-refractivity contribution >= 4 is 46.7 Å². The second kappa shape index (κ2) is 8.62. The summed E-state index contributed by atoms with van der Waals surface area (Å²) in [5.74, 6) is -0.579. The lowest BCUT2D eigenvalue weighted by atomic mass is 9.81. The van der Waals surface area contributed by atoms with Gasteiger partial charge in [-0.2, -0.15) is 0 Å². The molecule has 36 heavy (non-hydrogen) atoms. The van der Waals surface area contributed by atoms with E-state index in [-0.39, 0.29) is 48.3 Å². The molecule has 0 N–H and O–H groups in total. The fourth-order valence-electron chi connectivity index (χ4n) is 6.50. The van der Waals surface area contributed by atoms with Crippen molar-refractivity contribution in [1.82, 2.24) is 0 Å². The number of anilines is 2. The zero-order valence-corrected chi connectivity index (χ0v) is 20.4. The summed E-state index contributed by atoms with van der Waals surface area (Å²) in [7, 11) is 1.50. The number of benzene rings is 2. The van der Waals surface area contributed by atoms with Crippen LogP contribution in [0.5, 0.6) is 11.5 Å². The maximum atomic E-state index is 13.0. The molecular weight excluding hydrogens is 484 g/mol. The van der Waals surface area contributed by atoms with Crippen LogP contribution in [0.2, 0.25) is 5.02 Å². The number of ether oxygens (including phenoxy) is 2. The number of halogens is 1. The fourth-order valence-corrected chi connectivity index (χ4v) is 6.66. The number of esters is 1. The van der Waals surface area contributed by atoms with E-state index >= 15 is 0 Å². The number of hydrogen-bond acceptors (Lipinski definition) is 6. The first-order valence-electron chi connectivity index (χ1n) is 12.2. The fraction of sp³-hybridized carbons (Fsp3) is 0.407. The second-order valence-electron chi connectivity index (χ2n) is 10.0. The first-order valence-corrected chi connectivity index (χ1v) is 12.6. The Morgan fingerprint density at radius 3 is 2.28 bits per heavy atom. The van der Waals surface area contributed by atoms with Crippen molar-refractivity contribution in [2.24, 2.45) is 29.6 Å². The van der Waals surface area contributed by atoms with E-state index in [1.54, 1.807) is 42.5 Å². The van der Waals surface area contributed by atoms with Crippen molar-refractivity contribution in [3.05, 3.63) is 47.5 Å². The van der Waals surface area contributed by atoms with Crippen LogP contribution in [-0.4, -0.2) is 37.3 Å². The molecule has 2 aliphatic carbocycles. The van der Waals surface area contributed by atoms with E-state index in [9.17, 15) is 19.2 Å². The minimum Gasteiger partial charge on any atom is -0.495 e. The minimum atomic E-state index is -0.655. The van der Waals surface area contributed by atoms with E-state index in [4.69, 9.17) is 21.1 Å². The summed E-state index contributed by atoms with van der Waals surface area (Å²) in [6, 6.07) is 11.4. The van der Waals surface area contributed by atoms with Gasteiger partial charge in [0.05, 0.1) is 36.2 Å². The molecule has 9 heteroatoms. The van der Waals surface area contributed by atoms with Gasteiger partial charge in [-0.25, -0.2) is 0 Å². The molecule has 2 saturated heterocycles. The van der Waals surface area contributed by atoms with Gasteiger partial charge in [0.15, 0.2) is 0 Å². The van der Waals surface area contributed by atoms with Crippen molar-refractivity contribution < 1.29 is 28.7 Å². The largest absolute Gasteiger partial charge is 0.495 e. The van der Waals surface area contributed by atoms with Crippen molar-refractivity contribution in [3.63, 3.8) is 0 Å². The van der Waals surface area contributed by atoms with Gasteiger partial charge in [0.1, 0.15) is 11.5 Å². The van der Waals surface area contributed by atoms with Crippen LogP contribution in [-0.2, 0) is 19.2 Å². The number of rotatable bonds is 5. The third-order valence-corrected chi connectivity index (χ3v) is 8.37. The van der Waals surface area contributed by atoms with E-state index in [0.29, 0.717) is 34.0 Å². The van der Waals surface area contributed by atoms with Crippen molar-refractivity contribution in [1.29, 1.82) is 0 Å². The minimum absolute atomic E-state index is 0.00841. The third kappa shape index (κ3) is 3.58. The summed E-state index contributed by atoms with van der Waals surface area (Å²) in [6.07, 6.45) is 3.05. The lowest BCUT2D eigenvalue weighted by molar-refractivity contribution is -0.139. The molecule has 2 aromatic carbocycles. The topological polar surface area (TPSA) is 93.2 Å². The Kier molecular flexibility index (Phi) is 5.52. The molecule has 4 aliphatic rings. The van der Waals surface area contributed by atoms with Crippen LogP contribution in [0.4, 0.5) is 11.4 Å². The number of imide groups is 1. The molecule has 0 unspecified atom stereocenters. The summed E-state index contributed by atoms with van der Waals surface area (Å²) in [5, 5.41) is 0.455. The number of nitrogens with zero attached hydrogens (tertiary/aromatic N) is 2. The monoisotopic (exact) mass is 508 g/mol. The zero-order chi connectivity index (χ0) is 25.1. The number of carbonyl (C=O) groups is 4. The molecule has 2 aromatic rings. The summed E-state index contributed by atoms with van der Waals surface area (Å²) in [5.41, 5.74) is 1.00. The third-order valence-electron chi connectivity index (χ3n) is 8.13. The van der Waals surface area contributed by atoms with Gasteiger partial charge in [0.25, 0.3) is 0 Å². The maximum Gasteiger partial charge on any atom is 0.316 e. The molecule has 0 aromatic heterocycles. The number of amides is 3. The Labute approximate surface area is 213 Å². The summed E-state index contributed by atoms with van der Waals surface area (Å²) in [6.45, 7) is 0.147. The van der Waals surface area contributed by atoms with Crippen LogP contribution >= 0.6 is 11.6 Å². The first-order chi connectivity index (χ1) is 17.4. The van der Waals surface area contributed by atoms with Crippen molar-refractivity contribution in [2.75, 3.05) is 23.5 Å². The Balaban J connectivity index is 1.13. The normalized spacial score (nSPS) is 28.7. The van der Waals surface area contributed by atoms with Gasteiger partial charge in [0, 0.05) is 18.0 Å². The van der Waals surface area contributed by atoms with Gasteiger partial charge in [-0.15, -0.1) is 0 Å². The van der Waals surface area contributed by atoms with E-state index in [2.05, 4.69) is 0 Å². The smallest absolute Gasteiger partial charge is 0.316 e. The van der Waals surface area contributed by atoms with Crippen LogP contribution in [0.15, 0.2) is 42.5 Å². The van der Waals surface area contributed by atoms with Crippen LogP contribution < -0.4 is 19.3 Å². The van der Waals surface area contributed by atoms with E-state index in [0.717, 1.165) is 19.3 Å². The van der Waals surface area contributed by atoms with E-state index in [1.807, 2.05) is 0 Å². The van der Waals surface area contributed by atoms with Gasteiger partial charge in [-0.05, 0) is 73.6 Å². The molecule has 4 fully saturated rings. The molecule has 8 nitrogen and oxygen atoms in total. The van der Waals surface area contributed by atoms with E-state index < -0.39 is 11.9 Å². The highest BCUT2D eigenvalue weighted by Gasteiger charge is 2.61. The standard InChI is InChI=1S/C27H25ClN2O6/c1-35-21-9-4-17(28)12-20(21)29-13-16(11-22(29)31)27(34)36-19-7-5-18(6-8-19)30-25(32)23-14-2-3-15(10-14)24(23)26(30)33/h4-9,12,14-16,23-24H,2-3,10-11,13H2,1H3/t14-,15-,16+,23-,24-/m0/s1. The zero-order valence-electron chi connectivity index (χ0n) is 19.7. The molecule has 2 aliphatic heterocycles. The maximum absolute atomic E-state index is 13.0. The van der Waals surface area contributed by atoms with Crippen molar-refractivity contribution in [2.45, 2.75) is 25.7 Å². The quantitative estimate of drug-likeness (QED) is 0.346. The molecule has 0 spiro atoms. The lowest BCUT2D eigenvalue weighted by Crippen LogP contribution is -2.32. The van der Waals surface area contributed by atoms with Crippen molar-refractivity contribution in [3.8, 4) is 11.5 Å². The Morgan fingerprint density at radius 2 is 1.64 bits per heavy atom. The molecular formula is C27H25ClN2O6. The second-order valence-corrected chi connectivity index (χ2v) is 10.5. The molecule has 2 saturated carbocycles. The average Bonchev–Trinajstić information content (AvgIpc) is 3.63. The first kappa shape index (κ1) is 23.0. The predicted molar refractivity (Wildman–Crippen MR) is 131 cm³/mol. The number of methoxy groups -OCH3 is 1. The van der Waals surface area contributed by atoms with Gasteiger partial charge in [-0.1, -0.05) is 11.6 Å². The average molecular weight is 509 g/mol. The van der Waals surface area contributed by atoms with Gasteiger partial charge in [-0.3, -0.25) is 24.1 Å². The Hall–Kier alpha value is -3.39. The molecule has 3 amide bonds. The summed E-state index contributed by atoms with van der Waals surface area (Å²) in [4.78, 5) is 54.4. The SMILES string of the molecule is COc1ccc(Cl)cc1N1C[C@H](C(=O)Oc2ccc(N3C(=O)[C@H]4[C@H]5CC[C@@H](C5)[C@@H]4C3=O)cc2)CC1=O. The highest BCUT2D eigenvalue weighted by molar-refractivity contribution is 6.31. The molecule has 2 heterocycles. The van der Waals surface area contributed by atoms with Crippen LogP contribution in [0.1, 0.15) is 25.7 Å². The molecule has 2 bridgehead atoms. The van der Waals surface area contributed by atoms with Crippen LogP contribution in [0.3, 0.4) is 0 Å². The van der Waals surface area contributed by atoms with E-state index in [1.165, 1.54) is 16.9 Å². The summed E-state index contributed by atoms with van der Waals surface area (Å²) >= 11 is 6.10. The molecule has 5 atom stereocenters. The Morgan fingerprint density at radius 1 is 0.972 bits per heavy atom. The van der Waals surface area contributed by atoms with Crippen LogP contribution in [0, 0.1) is 29.6 Å². The summed E-state index contributed by atoms with van der Waals surface area (Å²) < 4.78 is 10.9. The number of carbonyl (C=O) groups excluding carboxylic acids is 4. The highest BCUT2D eigenvalue weighted by Crippen LogP contribution is 2.56. The predicted octanol–water partition coefficient (Wildman–Crippen LogP) is 3.84.